The second kappa shape index (κ2) is 20.8. The Morgan fingerprint density at radius 3 is 0.531 bits per heavy atom. The number of hydrogen-bond acceptors (Lipinski definition) is 4. The van der Waals surface area contributed by atoms with E-state index in [-0.39, 0.29) is 0 Å². The molecule has 96 heavy (non-hydrogen) atoms. The third-order valence-corrected chi connectivity index (χ3v) is 28.7. The van der Waals surface area contributed by atoms with Crippen LogP contribution >= 0.6 is 127 Å². The molecule has 0 saturated heterocycles. The fraction of sp³-hybridized carbons (Fsp3) is 0. The summed E-state index contributed by atoms with van der Waals surface area (Å²) in [5, 5.41) is 27.9. The zero-order valence-corrected chi connectivity index (χ0v) is 62.3. The van der Waals surface area contributed by atoms with E-state index >= 15 is 0 Å². The van der Waals surface area contributed by atoms with E-state index in [0.29, 0.717) is 45.6 Å². The lowest BCUT2D eigenvalue weighted by molar-refractivity contribution is 1.41. The Balaban J connectivity index is 0.958. The highest BCUT2D eigenvalue weighted by Crippen LogP contribution is 2.56. The van der Waals surface area contributed by atoms with Crippen LogP contribution in [0.3, 0.4) is 0 Å². The summed E-state index contributed by atoms with van der Waals surface area (Å²) in [4.78, 5) is 24.4. The fourth-order valence-corrected chi connectivity index (χ4v) is 20.1. The van der Waals surface area contributed by atoms with E-state index in [4.69, 9.17) is 20.0 Å². The van der Waals surface area contributed by atoms with Crippen molar-refractivity contribution in [3.63, 3.8) is 0 Å². The average Bonchev–Trinajstić information content (AvgIpc) is 1.50. The maximum Gasteiger partial charge on any atom is 0.0892 e. The first-order valence-electron chi connectivity index (χ1n) is 31.2. The third kappa shape index (κ3) is 7.73. The van der Waals surface area contributed by atoms with Crippen LogP contribution in [0, 0.1) is 0 Å². The maximum absolute atomic E-state index is 6.09. The first-order valence-corrected chi connectivity index (χ1v) is 37.5. The van der Waals surface area contributed by atoms with Crippen LogP contribution in [0.5, 0.6) is 0 Å². The van der Waals surface area contributed by atoms with Crippen molar-refractivity contribution < 1.29 is 0 Å². The Labute approximate surface area is 614 Å². The number of aliphatic imine (C=N–C) groups is 4. The molecule has 0 radical (unpaired) electrons. The van der Waals surface area contributed by atoms with Crippen molar-refractivity contribution in [3.8, 4) is 0 Å². The molecule has 16 aromatic rings. The number of benzene rings is 16. The molecule has 5 aliphatic heterocycles. The van der Waals surface area contributed by atoms with Gasteiger partial charge < -0.3 is 0 Å². The minimum atomic E-state index is 0.691. The Bertz CT molecular complexity index is 5990. The summed E-state index contributed by atoms with van der Waals surface area (Å²) in [6, 6.07) is 80.3. The van der Waals surface area contributed by atoms with Crippen molar-refractivity contribution in [2.45, 2.75) is 0 Å². The SMILES string of the molecule is BrC1=C(Br)C2=C(c3ccc4ccc5cccc6ccc3c4c56)C3=NC(=C(c4ccc5ccc6cccc7ccc4c5c67)C4=NC(=C(c5ccc6ccc7cccc8ccc5c6c78)C5=NC(=C(c6ccc7ccc8cccc9ccc6c7c89)C1=N2)C(Br)=C5Br)C(Br)=C4Br)C(Br)=C3Br. The third-order valence-electron chi connectivity index (χ3n) is 20.4. The second-order valence-electron chi connectivity index (χ2n) is 25.1. The summed E-state index contributed by atoms with van der Waals surface area (Å²) < 4.78 is 6.09. The van der Waals surface area contributed by atoms with Crippen LogP contribution < -0.4 is 0 Å². The van der Waals surface area contributed by atoms with Gasteiger partial charge in [-0.2, -0.15) is 0 Å². The summed E-state index contributed by atoms with van der Waals surface area (Å²) >= 11 is 34.7. The lowest BCUT2D eigenvalue weighted by Crippen LogP contribution is -2.07. The number of nitrogens with zero attached hydrogens (tertiary/aromatic N) is 4. The molecule has 0 aromatic heterocycles. The predicted octanol–water partition coefficient (Wildman–Crippen LogP) is 27.1. The van der Waals surface area contributed by atoms with E-state index in [1.54, 1.807) is 0 Å². The standard InChI is InChI=1S/C84H36Br8N4/c85-69-71(87)79-66(54-34-26-46-18-14-38-6-2-10-42-22-30-50(54)62(46)58(38)42)81-73(89)75(91)83(95-81)68(56-36-28-48-20-16-40-8-4-12-44-24-32-52(56)64(48)60(40)44)84-76(92)74(90)82(96-84)67(55-35-27-47-19-15-39-7-3-11-43-23-31-51(55)63(47)59(39)43)80-72(88)70(86)78(94-80)65(77(69)93-79)53-33-25-45-17-13-37-5-1-9-41-21-29-49(53)61(45)57(37)41/h1-36H. The van der Waals surface area contributed by atoms with Crippen LogP contribution in [0.1, 0.15) is 22.3 Å². The van der Waals surface area contributed by atoms with Gasteiger partial charge in [0.25, 0.3) is 0 Å². The number of halogens is 8. The van der Waals surface area contributed by atoms with Gasteiger partial charge in [-0.3, -0.25) is 0 Å². The van der Waals surface area contributed by atoms with Crippen molar-refractivity contribution in [2.75, 3.05) is 0 Å². The molecular formula is C84H36Br8N4. The van der Waals surface area contributed by atoms with Crippen LogP contribution in [0.2, 0.25) is 0 Å². The van der Waals surface area contributed by atoms with Gasteiger partial charge in [0.15, 0.2) is 0 Å². The zero-order chi connectivity index (χ0) is 64.0. The topological polar surface area (TPSA) is 49.4 Å². The molecule has 0 atom stereocenters. The highest BCUT2D eigenvalue weighted by molar-refractivity contribution is 9.15. The highest BCUT2D eigenvalue weighted by Gasteiger charge is 2.41. The molecule has 0 saturated carbocycles. The summed E-state index contributed by atoms with van der Waals surface area (Å²) in [5.41, 5.74) is 12.7. The van der Waals surface area contributed by atoms with E-state index in [1.165, 1.54) is 86.2 Å². The lowest BCUT2D eigenvalue weighted by Gasteiger charge is -2.19. The average molecular weight is 1740 g/mol. The quantitative estimate of drug-likeness (QED) is 0.158. The second-order valence-corrected chi connectivity index (χ2v) is 31.5. The molecule has 16 aromatic carbocycles. The molecule has 8 bridgehead atoms. The van der Waals surface area contributed by atoms with Gasteiger partial charge in [0.2, 0.25) is 0 Å². The van der Waals surface area contributed by atoms with E-state index in [9.17, 15) is 0 Å². The van der Waals surface area contributed by atoms with Crippen LogP contribution in [0.4, 0.5) is 0 Å². The first kappa shape index (κ1) is 57.2. The smallest absolute Gasteiger partial charge is 0.0892 e. The predicted molar refractivity (Wildman–Crippen MR) is 438 cm³/mol. The molecule has 0 spiro atoms. The van der Waals surface area contributed by atoms with Crippen LogP contribution in [0.25, 0.3) is 152 Å². The van der Waals surface area contributed by atoms with Crippen molar-refractivity contribution in [1.82, 2.24) is 0 Å². The molecule has 0 N–H and O–H groups in total. The molecule has 21 rings (SSSR count). The van der Waals surface area contributed by atoms with Crippen molar-refractivity contribution in [2.24, 2.45) is 20.0 Å². The molecule has 448 valence electrons. The lowest BCUT2D eigenvalue weighted by atomic mass is 9.88. The van der Waals surface area contributed by atoms with Gasteiger partial charge in [-0.1, -0.05) is 218 Å². The molecule has 4 nitrogen and oxygen atoms in total. The van der Waals surface area contributed by atoms with E-state index in [0.717, 1.165) is 123 Å². The summed E-state index contributed by atoms with van der Waals surface area (Å²) in [6.07, 6.45) is 0. The molecular weight excluding hydrogens is 1700 g/mol. The first-order chi connectivity index (χ1) is 46.9. The number of hydrogen-bond donors (Lipinski definition) is 0. The Hall–Kier alpha value is -7.88. The highest BCUT2D eigenvalue weighted by atomic mass is 79.9. The Kier molecular flexibility index (Phi) is 12.4. The largest absolute Gasteiger partial charge is 0.245 e. The summed E-state index contributed by atoms with van der Waals surface area (Å²) in [6.45, 7) is 0. The Morgan fingerprint density at radius 1 is 0.167 bits per heavy atom. The molecule has 0 aliphatic carbocycles. The van der Waals surface area contributed by atoms with Gasteiger partial charge in [0.05, 0.1) is 81.5 Å². The summed E-state index contributed by atoms with van der Waals surface area (Å²) in [7, 11) is 0. The van der Waals surface area contributed by atoms with Gasteiger partial charge in [-0.15, -0.1) is 0 Å². The molecule has 5 heterocycles. The van der Waals surface area contributed by atoms with Crippen molar-refractivity contribution in [3.05, 3.63) is 299 Å². The summed E-state index contributed by atoms with van der Waals surface area (Å²) in [5.74, 6) is 0. The Morgan fingerprint density at radius 2 is 0.333 bits per heavy atom. The van der Waals surface area contributed by atoms with Gasteiger partial charge in [0.1, 0.15) is 0 Å². The maximum atomic E-state index is 6.09. The monoisotopic (exact) mass is 1730 g/mol. The minimum absolute atomic E-state index is 0.691. The van der Waals surface area contributed by atoms with Gasteiger partial charge in [-0.05, 0) is 279 Å². The molecule has 0 unspecified atom stereocenters. The van der Waals surface area contributed by atoms with Crippen LogP contribution in [-0.2, 0) is 0 Å². The molecule has 0 fully saturated rings. The number of rotatable bonds is 4. The number of allylic oxidation sites excluding steroid dienone is 12. The minimum Gasteiger partial charge on any atom is -0.245 e. The van der Waals surface area contributed by atoms with Crippen molar-refractivity contribution >= 4 is 302 Å². The van der Waals surface area contributed by atoms with Gasteiger partial charge in [0, 0.05) is 22.3 Å². The molecule has 5 aliphatic rings. The van der Waals surface area contributed by atoms with Crippen LogP contribution in [-0.4, -0.2) is 22.8 Å². The molecule has 0 amide bonds. The van der Waals surface area contributed by atoms with Crippen LogP contribution in [0.15, 0.2) is 297 Å². The van der Waals surface area contributed by atoms with E-state index < -0.39 is 0 Å². The normalized spacial score (nSPS) is 16.7. The van der Waals surface area contributed by atoms with Gasteiger partial charge >= 0.3 is 0 Å². The van der Waals surface area contributed by atoms with Gasteiger partial charge in [-0.25, -0.2) is 20.0 Å². The fourth-order valence-electron chi connectivity index (χ4n) is 16.3. The molecule has 12 heteroatoms. The van der Waals surface area contributed by atoms with E-state index in [1.807, 2.05) is 0 Å². The van der Waals surface area contributed by atoms with E-state index in [2.05, 4.69) is 346 Å². The zero-order valence-electron chi connectivity index (χ0n) is 49.6. The van der Waals surface area contributed by atoms with Crippen molar-refractivity contribution in [1.29, 1.82) is 0 Å². The number of fused-ring (bicyclic) bond motifs is 4.